The van der Waals surface area contributed by atoms with Crippen LogP contribution in [-0.4, -0.2) is 15.3 Å². The number of thioether (sulfide) groups is 1. The average Bonchev–Trinajstić information content (AvgIpc) is 3.06. The lowest BCUT2D eigenvalue weighted by molar-refractivity contribution is 0.670. The summed E-state index contributed by atoms with van der Waals surface area (Å²) in [5.41, 5.74) is 2.19. The Hall–Kier alpha value is -1.59. The monoisotopic (exact) mass is 286 g/mol. The first kappa shape index (κ1) is 11.3. The lowest BCUT2D eigenvalue weighted by Crippen LogP contribution is -2.20. The van der Waals surface area contributed by atoms with Gasteiger partial charge in [0.2, 0.25) is 0 Å². The highest BCUT2D eigenvalue weighted by Gasteiger charge is 2.20. The van der Waals surface area contributed by atoms with Gasteiger partial charge < -0.3 is 0 Å². The van der Waals surface area contributed by atoms with Crippen molar-refractivity contribution in [3.05, 3.63) is 46.1 Å². The van der Waals surface area contributed by atoms with Crippen LogP contribution in [0.4, 0.5) is 0 Å². The largest absolute Gasteiger partial charge is 0.286 e. The molecule has 0 amide bonds. The summed E-state index contributed by atoms with van der Waals surface area (Å²) in [4.78, 5) is 18.1. The third kappa shape index (κ3) is 1.65. The van der Waals surface area contributed by atoms with Crippen LogP contribution < -0.4 is 5.56 Å². The Labute approximate surface area is 117 Å². The van der Waals surface area contributed by atoms with Crippen molar-refractivity contribution < 1.29 is 0 Å². The van der Waals surface area contributed by atoms with Crippen LogP contribution in [0.2, 0.25) is 0 Å². The molecule has 0 saturated heterocycles. The van der Waals surface area contributed by atoms with Gasteiger partial charge in [-0.2, -0.15) is 0 Å². The minimum atomic E-state index is 0.102. The smallest absolute Gasteiger partial charge is 0.263 e. The molecule has 19 heavy (non-hydrogen) atoms. The molecule has 3 aromatic rings. The van der Waals surface area contributed by atoms with Crippen LogP contribution in [0, 0.1) is 0 Å². The van der Waals surface area contributed by atoms with Gasteiger partial charge in [0.25, 0.3) is 5.56 Å². The molecule has 0 aliphatic carbocycles. The second-order valence-electron chi connectivity index (χ2n) is 4.40. The minimum Gasteiger partial charge on any atom is -0.286 e. The van der Waals surface area contributed by atoms with E-state index < -0.39 is 0 Å². The lowest BCUT2D eigenvalue weighted by Gasteiger charge is -2.03. The van der Waals surface area contributed by atoms with E-state index in [1.165, 1.54) is 0 Å². The van der Waals surface area contributed by atoms with Crippen LogP contribution in [0.15, 0.2) is 45.7 Å². The summed E-state index contributed by atoms with van der Waals surface area (Å²) in [5, 5.41) is 3.66. The Kier molecular flexibility index (Phi) is 2.50. The van der Waals surface area contributed by atoms with Crippen LogP contribution in [0.3, 0.4) is 0 Å². The molecule has 1 aromatic carbocycles. The normalized spacial score (nSPS) is 13.9. The predicted molar refractivity (Wildman–Crippen MR) is 80.0 cm³/mol. The molecule has 0 spiro atoms. The SMILES string of the molecule is O=c1c2c(-c3ccccc3)csc2nc2n1CCS2. The van der Waals surface area contributed by atoms with E-state index in [1.54, 1.807) is 27.7 Å². The third-order valence-electron chi connectivity index (χ3n) is 3.29. The topological polar surface area (TPSA) is 34.9 Å². The summed E-state index contributed by atoms with van der Waals surface area (Å²) < 4.78 is 1.80. The van der Waals surface area contributed by atoms with Crippen molar-refractivity contribution in [3.63, 3.8) is 0 Å². The Morgan fingerprint density at radius 1 is 1.21 bits per heavy atom. The van der Waals surface area contributed by atoms with Crippen molar-refractivity contribution in [3.8, 4) is 11.1 Å². The molecule has 0 radical (unpaired) electrons. The van der Waals surface area contributed by atoms with Crippen LogP contribution in [0.1, 0.15) is 0 Å². The highest BCUT2D eigenvalue weighted by Crippen LogP contribution is 2.33. The van der Waals surface area contributed by atoms with Gasteiger partial charge in [-0.1, -0.05) is 42.1 Å². The van der Waals surface area contributed by atoms with Gasteiger partial charge in [-0.15, -0.1) is 11.3 Å². The molecule has 94 valence electrons. The van der Waals surface area contributed by atoms with E-state index in [-0.39, 0.29) is 5.56 Å². The molecule has 3 nitrogen and oxygen atoms in total. The molecule has 1 aliphatic heterocycles. The molecule has 2 aromatic heterocycles. The number of fused-ring (bicyclic) bond motifs is 2. The Bertz CT molecular complexity index is 821. The van der Waals surface area contributed by atoms with Crippen molar-refractivity contribution >= 4 is 33.3 Å². The second-order valence-corrected chi connectivity index (χ2v) is 6.32. The average molecular weight is 286 g/mol. The minimum absolute atomic E-state index is 0.102. The highest BCUT2D eigenvalue weighted by atomic mass is 32.2. The molecule has 3 heterocycles. The van der Waals surface area contributed by atoms with Gasteiger partial charge in [0.15, 0.2) is 5.16 Å². The quantitative estimate of drug-likeness (QED) is 0.644. The zero-order chi connectivity index (χ0) is 12.8. The van der Waals surface area contributed by atoms with E-state index in [1.807, 2.05) is 35.7 Å². The van der Waals surface area contributed by atoms with Crippen molar-refractivity contribution in [1.82, 2.24) is 9.55 Å². The lowest BCUT2D eigenvalue weighted by atomic mass is 10.1. The molecule has 0 N–H and O–H groups in total. The van der Waals surface area contributed by atoms with E-state index in [9.17, 15) is 4.79 Å². The van der Waals surface area contributed by atoms with Gasteiger partial charge in [-0.3, -0.25) is 9.36 Å². The first-order chi connectivity index (χ1) is 9.34. The fourth-order valence-electron chi connectivity index (χ4n) is 2.37. The number of hydrogen-bond acceptors (Lipinski definition) is 4. The van der Waals surface area contributed by atoms with Crippen molar-refractivity contribution in [2.24, 2.45) is 0 Å². The van der Waals surface area contributed by atoms with Crippen molar-refractivity contribution in [2.45, 2.75) is 11.7 Å². The number of aromatic nitrogens is 2. The van der Waals surface area contributed by atoms with Gasteiger partial charge in [-0.05, 0) is 5.56 Å². The zero-order valence-electron chi connectivity index (χ0n) is 10.00. The maximum absolute atomic E-state index is 12.6. The number of benzene rings is 1. The zero-order valence-corrected chi connectivity index (χ0v) is 11.6. The predicted octanol–water partition coefficient (Wildman–Crippen LogP) is 3.23. The van der Waals surface area contributed by atoms with Gasteiger partial charge in [0, 0.05) is 23.2 Å². The second kappa shape index (κ2) is 4.21. The number of thiophene rings is 1. The summed E-state index contributed by atoms with van der Waals surface area (Å²) in [5.74, 6) is 0.945. The van der Waals surface area contributed by atoms with Gasteiger partial charge >= 0.3 is 0 Å². The fraction of sp³-hybridized carbons (Fsp3) is 0.143. The van der Waals surface area contributed by atoms with Gasteiger partial charge in [0.05, 0.1) is 5.39 Å². The number of rotatable bonds is 1. The van der Waals surface area contributed by atoms with Gasteiger partial charge in [-0.25, -0.2) is 4.98 Å². The van der Waals surface area contributed by atoms with E-state index >= 15 is 0 Å². The highest BCUT2D eigenvalue weighted by molar-refractivity contribution is 7.99. The first-order valence-corrected chi connectivity index (χ1v) is 7.91. The molecule has 0 bridgehead atoms. The Morgan fingerprint density at radius 3 is 2.89 bits per heavy atom. The van der Waals surface area contributed by atoms with E-state index in [0.717, 1.165) is 38.8 Å². The number of nitrogens with zero attached hydrogens (tertiary/aromatic N) is 2. The molecule has 4 rings (SSSR count). The Morgan fingerprint density at radius 2 is 2.05 bits per heavy atom. The van der Waals surface area contributed by atoms with Gasteiger partial charge in [0.1, 0.15) is 4.83 Å². The standard InChI is InChI=1S/C14H10N2OS2/c17-13-11-10(9-4-2-1-3-5-9)8-19-12(11)15-14-16(13)6-7-18-14/h1-5,8H,6-7H2. The maximum Gasteiger partial charge on any atom is 0.263 e. The molecule has 0 unspecified atom stereocenters. The Balaban J connectivity index is 2.07. The van der Waals surface area contributed by atoms with Crippen molar-refractivity contribution in [2.75, 3.05) is 5.75 Å². The first-order valence-electron chi connectivity index (χ1n) is 6.05. The fourth-order valence-corrected chi connectivity index (χ4v) is 4.31. The molecule has 5 heteroatoms. The summed E-state index contributed by atoms with van der Waals surface area (Å²) in [6, 6.07) is 10.0. The summed E-state index contributed by atoms with van der Waals surface area (Å²) in [6.07, 6.45) is 0. The van der Waals surface area contributed by atoms with Crippen LogP contribution >= 0.6 is 23.1 Å². The molecule has 0 atom stereocenters. The van der Waals surface area contributed by atoms with Crippen LogP contribution in [0.25, 0.3) is 21.3 Å². The third-order valence-corrected chi connectivity index (χ3v) is 5.12. The van der Waals surface area contributed by atoms with Crippen LogP contribution in [-0.2, 0) is 6.54 Å². The van der Waals surface area contributed by atoms with E-state index in [0.29, 0.717) is 0 Å². The molecule has 1 aliphatic rings. The summed E-state index contributed by atoms with van der Waals surface area (Å²) in [7, 11) is 0. The summed E-state index contributed by atoms with van der Waals surface area (Å²) >= 11 is 3.21. The van der Waals surface area contributed by atoms with E-state index in [4.69, 9.17) is 0 Å². The maximum atomic E-state index is 12.6. The van der Waals surface area contributed by atoms with Crippen molar-refractivity contribution in [1.29, 1.82) is 0 Å². The number of hydrogen-bond donors (Lipinski definition) is 0. The van der Waals surface area contributed by atoms with Crippen LogP contribution in [0.5, 0.6) is 0 Å². The molecule has 0 saturated carbocycles. The van der Waals surface area contributed by atoms with E-state index in [2.05, 4.69) is 4.98 Å². The molecular weight excluding hydrogens is 276 g/mol. The molecular formula is C14H10N2OS2. The summed E-state index contributed by atoms with van der Waals surface area (Å²) in [6.45, 7) is 0.770. The molecule has 0 fully saturated rings.